The molecule has 1 aromatic heterocycles. The molecule has 0 fully saturated rings. The SMILES string of the molecule is O=c1oc2c(Br)cc(Br)cc2cc1C1=CSC2=NCCN12. The lowest BCUT2D eigenvalue weighted by molar-refractivity contribution is 0.551. The van der Waals surface area contributed by atoms with Gasteiger partial charge < -0.3 is 9.32 Å². The number of halogens is 2. The third-order valence-corrected chi connectivity index (χ3v) is 5.34. The monoisotopic (exact) mass is 426 g/mol. The van der Waals surface area contributed by atoms with Crippen molar-refractivity contribution in [3.8, 4) is 0 Å². The van der Waals surface area contributed by atoms with E-state index in [9.17, 15) is 4.79 Å². The van der Waals surface area contributed by atoms with Crippen LogP contribution in [0.15, 0.2) is 46.8 Å². The van der Waals surface area contributed by atoms with Crippen molar-refractivity contribution in [3.05, 3.63) is 48.5 Å². The molecule has 21 heavy (non-hydrogen) atoms. The highest BCUT2D eigenvalue weighted by Crippen LogP contribution is 2.36. The molecule has 4 nitrogen and oxygen atoms in total. The second-order valence-corrected chi connectivity index (χ2v) is 7.30. The predicted octanol–water partition coefficient (Wildman–Crippen LogP) is 4.03. The van der Waals surface area contributed by atoms with Crippen LogP contribution in [-0.4, -0.2) is 23.2 Å². The van der Waals surface area contributed by atoms with Crippen LogP contribution < -0.4 is 5.63 Å². The van der Waals surface area contributed by atoms with Gasteiger partial charge in [0, 0.05) is 21.8 Å². The molecule has 0 saturated carbocycles. The highest BCUT2D eigenvalue weighted by Gasteiger charge is 2.29. The molecular weight excluding hydrogens is 420 g/mol. The Morgan fingerprint density at radius 1 is 1.29 bits per heavy atom. The lowest BCUT2D eigenvalue weighted by atomic mass is 10.1. The summed E-state index contributed by atoms with van der Waals surface area (Å²) in [7, 11) is 0. The van der Waals surface area contributed by atoms with Crippen LogP contribution in [0, 0.1) is 0 Å². The summed E-state index contributed by atoms with van der Waals surface area (Å²) in [5, 5.41) is 3.80. The largest absolute Gasteiger partial charge is 0.421 e. The van der Waals surface area contributed by atoms with Crippen LogP contribution in [0.3, 0.4) is 0 Å². The van der Waals surface area contributed by atoms with Crippen LogP contribution in [0.4, 0.5) is 0 Å². The summed E-state index contributed by atoms with van der Waals surface area (Å²) in [5.41, 5.74) is 1.69. The predicted molar refractivity (Wildman–Crippen MR) is 92.5 cm³/mol. The highest BCUT2D eigenvalue weighted by molar-refractivity contribution is 9.11. The van der Waals surface area contributed by atoms with E-state index in [1.807, 2.05) is 23.6 Å². The molecule has 1 aromatic carbocycles. The first kappa shape index (κ1) is 13.6. The first-order valence-electron chi connectivity index (χ1n) is 6.25. The van der Waals surface area contributed by atoms with Gasteiger partial charge >= 0.3 is 5.63 Å². The number of nitrogens with zero attached hydrogens (tertiary/aromatic N) is 2. The van der Waals surface area contributed by atoms with Crippen LogP contribution in [-0.2, 0) is 0 Å². The average molecular weight is 428 g/mol. The molecule has 2 aliphatic rings. The van der Waals surface area contributed by atoms with Crippen molar-refractivity contribution in [2.45, 2.75) is 0 Å². The number of hydrogen-bond acceptors (Lipinski definition) is 5. The Kier molecular flexibility index (Phi) is 3.24. The molecule has 2 aromatic rings. The van der Waals surface area contributed by atoms with Gasteiger partial charge in [-0.15, -0.1) is 0 Å². The van der Waals surface area contributed by atoms with E-state index in [2.05, 4.69) is 41.8 Å². The minimum absolute atomic E-state index is 0.328. The maximum atomic E-state index is 12.3. The molecule has 7 heteroatoms. The summed E-state index contributed by atoms with van der Waals surface area (Å²) >= 11 is 8.43. The minimum atomic E-state index is -0.328. The fraction of sp³-hybridized carbons (Fsp3) is 0.143. The molecule has 0 unspecified atom stereocenters. The molecule has 2 aliphatic heterocycles. The lowest BCUT2D eigenvalue weighted by Crippen LogP contribution is -2.23. The molecule has 0 amide bonds. The van der Waals surface area contributed by atoms with Crippen LogP contribution in [0.5, 0.6) is 0 Å². The zero-order chi connectivity index (χ0) is 14.6. The fourth-order valence-corrected chi connectivity index (χ4v) is 4.76. The quantitative estimate of drug-likeness (QED) is 0.644. The van der Waals surface area contributed by atoms with Crippen molar-refractivity contribution in [1.29, 1.82) is 0 Å². The summed E-state index contributed by atoms with van der Waals surface area (Å²) in [6.07, 6.45) is 0. The number of aliphatic imine (C=N–C) groups is 1. The first-order chi connectivity index (χ1) is 10.1. The fourth-order valence-electron chi connectivity index (χ4n) is 2.47. The van der Waals surface area contributed by atoms with E-state index in [1.54, 1.807) is 11.8 Å². The Balaban J connectivity index is 1.92. The van der Waals surface area contributed by atoms with E-state index in [0.717, 1.165) is 38.3 Å². The molecule has 106 valence electrons. The molecule has 0 bridgehead atoms. The summed E-state index contributed by atoms with van der Waals surface area (Å²) in [5.74, 6) is 0. The van der Waals surface area contributed by atoms with E-state index in [1.165, 1.54) is 0 Å². The van der Waals surface area contributed by atoms with Crippen LogP contribution >= 0.6 is 43.6 Å². The topological polar surface area (TPSA) is 45.8 Å². The van der Waals surface area contributed by atoms with E-state index >= 15 is 0 Å². The standard InChI is InChI=1S/C14H8Br2N2O2S/c15-8-3-7-4-9(13(19)20-12(7)10(16)5-8)11-6-21-14-17-1-2-18(11)14/h3-6H,1-2H2. The number of thioether (sulfide) groups is 1. The van der Waals surface area contributed by atoms with Crippen molar-refractivity contribution in [1.82, 2.24) is 4.90 Å². The summed E-state index contributed by atoms with van der Waals surface area (Å²) in [4.78, 5) is 18.8. The van der Waals surface area contributed by atoms with Gasteiger partial charge in [-0.1, -0.05) is 27.7 Å². The number of amidine groups is 1. The lowest BCUT2D eigenvalue weighted by Gasteiger charge is -2.15. The number of fused-ring (bicyclic) bond motifs is 2. The van der Waals surface area contributed by atoms with E-state index in [-0.39, 0.29) is 5.63 Å². The third kappa shape index (κ3) is 2.18. The van der Waals surface area contributed by atoms with Crippen molar-refractivity contribution >= 4 is 65.5 Å². The zero-order valence-electron chi connectivity index (χ0n) is 10.6. The van der Waals surface area contributed by atoms with E-state index < -0.39 is 0 Å². The molecule has 0 radical (unpaired) electrons. The van der Waals surface area contributed by atoms with Gasteiger partial charge in [-0.25, -0.2) is 4.79 Å². The Bertz CT molecular complexity index is 888. The minimum Gasteiger partial charge on any atom is -0.421 e. The number of benzene rings is 1. The van der Waals surface area contributed by atoms with Gasteiger partial charge in [-0.3, -0.25) is 4.99 Å². The van der Waals surface area contributed by atoms with Gasteiger partial charge in [0.1, 0.15) is 0 Å². The molecular formula is C14H8Br2N2O2S. The van der Waals surface area contributed by atoms with Gasteiger partial charge in [0.15, 0.2) is 10.8 Å². The van der Waals surface area contributed by atoms with Crippen molar-refractivity contribution < 1.29 is 4.42 Å². The maximum absolute atomic E-state index is 12.3. The molecule has 0 N–H and O–H groups in total. The van der Waals surface area contributed by atoms with Crippen molar-refractivity contribution in [2.24, 2.45) is 4.99 Å². The summed E-state index contributed by atoms with van der Waals surface area (Å²) in [6, 6.07) is 5.68. The molecule has 0 spiro atoms. The molecule has 0 aliphatic carbocycles. The van der Waals surface area contributed by atoms with E-state index in [0.29, 0.717) is 11.1 Å². The summed E-state index contributed by atoms with van der Waals surface area (Å²) < 4.78 is 7.19. The third-order valence-electron chi connectivity index (χ3n) is 3.40. The van der Waals surface area contributed by atoms with Gasteiger partial charge in [-0.2, -0.15) is 0 Å². The molecule has 3 heterocycles. The van der Waals surface area contributed by atoms with Gasteiger partial charge in [-0.05, 0) is 34.1 Å². The normalized spacial score (nSPS) is 17.1. The number of hydrogen-bond donors (Lipinski definition) is 0. The molecule has 0 saturated heterocycles. The Labute approximate surface area is 141 Å². The highest BCUT2D eigenvalue weighted by atomic mass is 79.9. The van der Waals surface area contributed by atoms with Gasteiger partial charge in [0.25, 0.3) is 0 Å². The van der Waals surface area contributed by atoms with Crippen LogP contribution in [0.25, 0.3) is 16.7 Å². The van der Waals surface area contributed by atoms with Crippen LogP contribution in [0.1, 0.15) is 5.56 Å². The Morgan fingerprint density at radius 2 is 2.14 bits per heavy atom. The number of rotatable bonds is 1. The first-order valence-corrected chi connectivity index (χ1v) is 8.72. The molecule has 0 atom stereocenters. The smallest absolute Gasteiger partial charge is 0.345 e. The Morgan fingerprint density at radius 3 is 3.00 bits per heavy atom. The van der Waals surface area contributed by atoms with Crippen LogP contribution in [0.2, 0.25) is 0 Å². The van der Waals surface area contributed by atoms with Crippen molar-refractivity contribution in [3.63, 3.8) is 0 Å². The second-order valence-electron chi connectivity index (χ2n) is 4.69. The average Bonchev–Trinajstić information content (AvgIpc) is 3.02. The van der Waals surface area contributed by atoms with Gasteiger partial charge in [0.2, 0.25) is 0 Å². The maximum Gasteiger partial charge on any atom is 0.345 e. The summed E-state index contributed by atoms with van der Waals surface area (Å²) in [6.45, 7) is 1.59. The second kappa shape index (κ2) is 5.00. The Hall–Kier alpha value is -1.05. The van der Waals surface area contributed by atoms with E-state index in [4.69, 9.17) is 4.42 Å². The molecule has 4 rings (SSSR count). The van der Waals surface area contributed by atoms with Crippen molar-refractivity contribution in [2.75, 3.05) is 13.1 Å². The zero-order valence-corrected chi connectivity index (χ0v) is 14.6. The van der Waals surface area contributed by atoms with Gasteiger partial charge in [0.05, 0.1) is 22.3 Å².